The molecule has 29 heavy (non-hydrogen) atoms. The summed E-state index contributed by atoms with van der Waals surface area (Å²) in [4.78, 5) is 36.6. The van der Waals surface area contributed by atoms with Gasteiger partial charge in [0.1, 0.15) is 0 Å². The van der Waals surface area contributed by atoms with E-state index in [9.17, 15) is 22.8 Å². The molecule has 156 valence electrons. The van der Waals surface area contributed by atoms with Crippen LogP contribution in [0.3, 0.4) is 0 Å². The van der Waals surface area contributed by atoms with E-state index in [1.54, 1.807) is 13.0 Å². The van der Waals surface area contributed by atoms with E-state index in [-0.39, 0.29) is 36.0 Å². The Kier molecular flexibility index (Phi) is 7.29. The van der Waals surface area contributed by atoms with E-state index in [4.69, 9.17) is 5.11 Å². The predicted octanol–water partition coefficient (Wildman–Crippen LogP) is 1.85. The van der Waals surface area contributed by atoms with Gasteiger partial charge in [-0.25, -0.2) is 13.1 Å². The average molecular weight is 421 g/mol. The number of aliphatic carboxylic acids is 1. The van der Waals surface area contributed by atoms with Crippen molar-refractivity contribution in [1.82, 2.24) is 9.71 Å². The number of carbonyl (C=O) groups excluding carboxylic acids is 2. The van der Waals surface area contributed by atoms with Crippen molar-refractivity contribution in [1.29, 1.82) is 0 Å². The Hall–Kier alpha value is -2.98. The lowest BCUT2D eigenvalue weighted by molar-refractivity contribution is -0.137. The van der Waals surface area contributed by atoms with Gasteiger partial charge in [-0.05, 0) is 42.8 Å². The molecule has 0 atom stereocenters. The summed E-state index contributed by atoms with van der Waals surface area (Å²) in [5.74, 6) is -1.59. The van der Waals surface area contributed by atoms with Crippen LogP contribution in [0.1, 0.15) is 41.5 Å². The van der Waals surface area contributed by atoms with Crippen molar-refractivity contribution in [3.8, 4) is 0 Å². The highest BCUT2D eigenvalue weighted by Crippen LogP contribution is 2.15. The number of aromatic nitrogens is 1. The summed E-state index contributed by atoms with van der Waals surface area (Å²) >= 11 is 0. The minimum absolute atomic E-state index is 0.0688. The van der Waals surface area contributed by atoms with Crippen LogP contribution in [0.2, 0.25) is 0 Å². The van der Waals surface area contributed by atoms with Crippen LogP contribution >= 0.6 is 0 Å². The van der Waals surface area contributed by atoms with E-state index in [0.717, 1.165) is 5.56 Å². The van der Waals surface area contributed by atoms with Crippen molar-refractivity contribution in [3.05, 3.63) is 47.3 Å². The number of amides is 1. The lowest BCUT2D eigenvalue weighted by atomic mass is 10.1. The number of ketones is 1. The van der Waals surface area contributed by atoms with Crippen molar-refractivity contribution in [2.75, 3.05) is 11.9 Å². The lowest BCUT2D eigenvalue weighted by Gasteiger charge is -2.08. The summed E-state index contributed by atoms with van der Waals surface area (Å²) in [5.41, 5.74) is 2.31. The van der Waals surface area contributed by atoms with E-state index in [0.29, 0.717) is 23.5 Å². The number of sulfonamides is 1. The zero-order valence-corrected chi connectivity index (χ0v) is 16.9. The van der Waals surface area contributed by atoms with Gasteiger partial charge in [0.05, 0.1) is 17.0 Å². The SMILES string of the molecule is CC(=O)Nc1ccc(S(=O)(=O)NCCc2[nH]c(C(=O)CCC(=O)O)cc2C)cc1. The molecule has 0 spiro atoms. The molecule has 10 heteroatoms. The maximum atomic E-state index is 12.4. The molecule has 1 amide bonds. The number of aryl methyl sites for hydroxylation is 1. The van der Waals surface area contributed by atoms with Gasteiger partial charge < -0.3 is 15.4 Å². The van der Waals surface area contributed by atoms with Crippen LogP contribution in [0.4, 0.5) is 5.69 Å². The summed E-state index contributed by atoms with van der Waals surface area (Å²) < 4.78 is 27.3. The normalized spacial score (nSPS) is 11.2. The third kappa shape index (κ3) is 6.54. The minimum atomic E-state index is -3.72. The Labute approximate surface area is 168 Å². The van der Waals surface area contributed by atoms with Gasteiger partial charge in [-0.1, -0.05) is 0 Å². The second-order valence-electron chi connectivity index (χ2n) is 6.51. The monoisotopic (exact) mass is 421 g/mol. The van der Waals surface area contributed by atoms with Crippen molar-refractivity contribution >= 4 is 33.4 Å². The smallest absolute Gasteiger partial charge is 0.303 e. The first-order valence-electron chi connectivity index (χ1n) is 8.89. The molecular formula is C19H23N3O6S. The summed E-state index contributed by atoms with van der Waals surface area (Å²) in [6, 6.07) is 7.43. The number of carbonyl (C=O) groups is 3. The number of aromatic amines is 1. The third-order valence-electron chi connectivity index (χ3n) is 4.14. The number of nitrogens with one attached hydrogen (secondary N) is 3. The number of carboxylic acid groups (broad SMARTS) is 1. The number of H-pyrrole nitrogens is 1. The molecule has 0 saturated heterocycles. The second kappa shape index (κ2) is 9.48. The van der Waals surface area contributed by atoms with Crippen molar-refractivity contribution in [2.24, 2.45) is 0 Å². The van der Waals surface area contributed by atoms with Crippen LogP contribution in [-0.2, 0) is 26.0 Å². The van der Waals surface area contributed by atoms with Crippen molar-refractivity contribution in [3.63, 3.8) is 0 Å². The number of benzene rings is 1. The molecule has 0 bridgehead atoms. The van der Waals surface area contributed by atoms with Crippen LogP contribution in [0.25, 0.3) is 0 Å². The molecule has 1 aromatic heterocycles. The minimum Gasteiger partial charge on any atom is -0.481 e. The molecule has 0 fully saturated rings. The van der Waals surface area contributed by atoms with Crippen LogP contribution in [-0.4, -0.2) is 42.7 Å². The van der Waals surface area contributed by atoms with Gasteiger partial charge in [0.25, 0.3) is 0 Å². The summed E-state index contributed by atoms with van der Waals surface area (Å²) in [7, 11) is -3.72. The van der Waals surface area contributed by atoms with E-state index in [2.05, 4.69) is 15.0 Å². The molecule has 4 N–H and O–H groups in total. The van der Waals surface area contributed by atoms with E-state index < -0.39 is 16.0 Å². The Bertz CT molecular complexity index is 1010. The number of rotatable bonds is 10. The van der Waals surface area contributed by atoms with Gasteiger partial charge in [0.15, 0.2) is 5.78 Å². The summed E-state index contributed by atoms with van der Waals surface area (Å²) in [6.07, 6.45) is -0.0101. The van der Waals surface area contributed by atoms with Crippen LogP contribution in [0.15, 0.2) is 35.2 Å². The highest BCUT2D eigenvalue weighted by molar-refractivity contribution is 7.89. The van der Waals surface area contributed by atoms with Gasteiger partial charge in [0, 0.05) is 37.7 Å². The molecule has 0 aliphatic rings. The summed E-state index contributed by atoms with van der Waals surface area (Å²) in [5, 5.41) is 11.2. The quantitative estimate of drug-likeness (QED) is 0.431. The number of hydrogen-bond donors (Lipinski definition) is 4. The molecule has 0 radical (unpaired) electrons. The molecular weight excluding hydrogens is 398 g/mol. The van der Waals surface area contributed by atoms with Gasteiger partial charge in [-0.15, -0.1) is 0 Å². The molecule has 1 heterocycles. The molecule has 0 aliphatic carbocycles. The third-order valence-corrected chi connectivity index (χ3v) is 5.62. The number of hydrogen-bond acceptors (Lipinski definition) is 5. The summed E-state index contributed by atoms with van der Waals surface area (Å²) in [6.45, 7) is 3.26. The van der Waals surface area contributed by atoms with Gasteiger partial charge in [0.2, 0.25) is 15.9 Å². The maximum absolute atomic E-state index is 12.4. The lowest BCUT2D eigenvalue weighted by Crippen LogP contribution is -2.26. The molecule has 2 rings (SSSR count). The molecule has 1 aromatic carbocycles. The largest absolute Gasteiger partial charge is 0.481 e. The first-order valence-corrected chi connectivity index (χ1v) is 10.4. The number of carboxylic acids is 1. The van der Waals surface area contributed by atoms with Gasteiger partial charge in [-0.2, -0.15) is 0 Å². The molecule has 0 saturated carbocycles. The standard InChI is InChI=1S/C19H23N3O6S/c1-12-11-17(18(24)7-8-19(25)26)22-16(12)9-10-20-29(27,28)15-5-3-14(4-6-15)21-13(2)23/h3-6,11,20,22H,7-10H2,1-2H3,(H,21,23)(H,25,26). The zero-order valence-electron chi connectivity index (χ0n) is 16.1. The van der Waals surface area contributed by atoms with Crippen molar-refractivity contribution in [2.45, 2.75) is 38.0 Å². The number of Topliss-reactive ketones (excluding diaryl/α,β-unsaturated/α-hetero) is 1. The Morgan fingerprint density at radius 2 is 1.76 bits per heavy atom. The molecule has 9 nitrogen and oxygen atoms in total. The zero-order chi connectivity index (χ0) is 21.6. The highest BCUT2D eigenvalue weighted by atomic mass is 32.2. The predicted molar refractivity (Wildman–Crippen MR) is 106 cm³/mol. The Morgan fingerprint density at radius 3 is 2.34 bits per heavy atom. The van der Waals surface area contributed by atoms with Crippen LogP contribution < -0.4 is 10.0 Å². The van der Waals surface area contributed by atoms with E-state index >= 15 is 0 Å². The molecule has 2 aromatic rings. The molecule has 0 unspecified atom stereocenters. The van der Waals surface area contributed by atoms with Crippen LogP contribution in [0.5, 0.6) is 0 Å². The number of anilines is 1. The topological polar surface area (TPSA) is 145 Å². The fourth-order valence-corrected chi connectivity index (χ4v) is 3.71. The van der Waals surface area contributed by atoms with Crippen LogP contribution in [0, 0.1) is 6.92 Å². The first-order chi connectivity index (χ1) is 13.6. The fourth-order valence-electron chi connectivity index (χ4n) is 2.68. The Morgan fingerprint density at radius 1 is 1.10 bits per heavy atom. The molecule has 0 aliphatic heterocycles. The highest BCUT2D eigenvalue weighted by Gasteiger charge is 2.16. The van der Waals surface area contributed by atoms with Gasteiger partial charge in [-0.3, -0.25) is 14.4 Å². The fraction of sp³-hybridized carbons (Fsp3) is 0.316. The van der Waals surface area contributed by atoms with E-state index in [1.165, 1.54) is 31.2 Å². The maximum Gasteiger partial charge on any atom is 0.303 e. The Balaban J connectivity index is 1.95. The first kappa shape index (κ1) is 22.3. The second-order valence-corrected chi connectivity index (χ2v) is 8.28. The van der Waals surface area contributed by atoms with Crippen molar-refractivity contribution < 1.29 is 27.9 Å². The van der Waals surface area contributed by atoms with Gasteiger partial charge >= 0.3 is 5.97 Å². The average Bonchev–Trinajstić information content (AvgIpc) is 3.00. The van der Waals surface area contributed by atoms with E-state index in [1.807, 2.05) is 0 Å².